The molecule has 4 heteroatoms. The van der Waals surface area contributed by atoms with E-state index in [9.17, 15) is 4.79 Å². The van der Waals surface area contributed by atoms with Crippen LogP contribution >= 0.6 is 15.9 Å². The summed E-state index contributed by atoms with van der Waals surface area (Å²) in [5.41, 5.74) is 6.67. The minimum atomic E-state index is -0.377. The lowest BCUT2D eigenvalue weighted by Gasteiger charge is -2.18. The lowest BCUT2D eigenvalue weighted by Crippen LogP contribution is -2.14. The molecular formula is C30H25BrO3. The van der Waals surface area contributed by atoms with Crippen LogP contribution in [0.15, 0.2) is 114 Å². The van der Waals surface area contributed by atoms with E-state index < -0.39 is 0 Å². The summed E-state index contributed by atoms with van der Waals surface area (Å²) in [6.45, 7) is 2.01. The predicted octanol–water partition coefficient (Wildman–Crippen LogP) is 7.40. The molecule has 170 valence electrons. The van der Waals surface area contributed by atoms with Gasteiger partial charge in [0, 0.05) is 4.47 Å². The number of carbonyl (C=O) groups excluding carboxylic acids is 1. The van der Waals surface area contributed by atoms with Crippen LogP contribution in [0.4, 0.5) is 0 Å². The van der Waals surface area contributed by atoms with Gasteiger partial charge in [0.2, 0.25) is 0 Å². The lowest BCUT2D eigenvalue weighted by molar-refractivity contribution is -0.145. The summed E-state index contributed by atoms with van der Waals surface area (Å²) < 4.78 is 11.6. The Labute approximate surface area is 208 Å². The Morgan fingerprint density at radius 3 is 1.56 bits per heavy atom. The Kier molecular flexibility index (Phi) is 7.95. The van der Waals surface area contributed by atoms with Gasteiger partial charge in [-0.2, -0.15) is 0 Å². The maximum Gasteiger partial charge on any atom is 0.344 e. The third-order valence-corrected chi connectivity index (χ3v) is 5.84. The smallest absolute Gasteiger partial charge is 0.344 e. The summed E-state index contributed by atoms with van der Waals surface area (Å²) in [6, 6.07) is 37.0. The Morgan fingerprint density at radius 2 is 1.09 bits per heavy atom. The number of halogens is 1. The fraction of sp³-hybridized carbons (Fsp3) is 0.100. The average Bonchev–Trinajstić information content (AvgIpc) is 2.88. The molecule has 0 radical (unpaired) electrons. The molecule has 0 spiro atoms. The van der Waals surface area contributed by atoms with Gasteiger partial charge in [-0.15, -0.1) is 0 Å². The molecule has 3 nitrogen and oxygen atoms in total. The molecule has 4 rings (SSSR count). The molecule has 0 bridgehead atoms. The molecule has 0 aliphatic heterocycles. The van der Waals surface area contributed by atoms with Gasteiger partial charge in [-0.05, 0) is 64.6 Å². The Bertz CT molecular complexity index is 1250. The Balaban J connectivity index is 1.84. The molecule has 0 aromatic heterocycles. The van der Waals surface area contributed by atoms with Gasteiger partial charge in [-0.3, -0.25) is 0 Å². The predicted molar refractivity (Wildman–Crippen MR) is 141 cm³/mol. The van der Waals surface area contributed by atoms with E-state index in [0.717, 1.165) is 37.9 Å². The number of hydrogen-bond donors (Lipinski definition) is 0. The van der Waals surface area contributed by atoms with E-state index in [2.05, 4.69) is 88.7 Å². The minimum absolute atomic E-state index is 0.108. The molecule has 0 amide bonds. The first kappa shape index (κ1) is 23.5. The Morgan fingerprint density at radius 1 is 0.647 bits per heavy atom. The standard InChI is InChI=1S/C30H25BrO3/c1-2-33-28(32)21-34-27-19-15-25(16-20-27)30(23-11-7-4-8-12-23)29(22-9-5-3-6-10-22)24-13-17-26(31)18-14-24/h3-20H,2,21H2,1H3/b30-29+. The van der Waals surface area contributed by atoms with E-state index in [0.29, 0.717) is 12.4 Å². The quantitative estimate of drug-likeness (QED) is 0.182. The molecule has 0 unspecified atom stereocenters. The van der Waals surface area contributed by atoms with Crippen molar-refractivity contribution in [3.63, 3.8) is 0 Å². The SMILES string of the molecule is CCOC(=O)COc1ccc(/C(=C(\c2ccccc2)c2ccc(Br)cc2)c2ccccc2)cc1. The zero-order chi connectivity index (χ0) is 23.8. The summed E-state index contributed by atoms with van der Waals surface area (Å²) in [5.74, 6) is 0.243. The highest BCUT2D eigenvalue weighted by Gasteiger charge is 2.16. The zero-order valence-corrected chi connectivity index (χ0v) is 20.5. The molecule has 0 fully saturated rings. The normalized spacial score (nSPS) is 11.5. The van der Waals surface area contributed by atoms with Gasteiger partial charge >= 0.3 is 5.97 Å². The van der Waals surface area contributed by atoms with Crippen molar-refractivity contribution in [2.24, 2.45) is 0 Å². The molecule has 0 saturated heterocycles. The van der Waals surface area contributed by atoms with E-state index >= 15 is 0 Å². The molecule has 0 heterocycles. The van der Waals surface area contributed by atoms with Crippen LogP contribution in [0.25, 0.3) is 11.1 Å². The Hall–Kier alpha value is -3.63. The van der Waals surface area contributed by atoms with E-state index in [1.54, 1.807) is 6.92 Å². The van der Waals surface area contributed by atoms with Gasteiger partial charge in [0.15, 0.2) is 6.61 Å². The van der Waals surface area contributed by atoms with E-state index in [1.165, 1.54) is 0 Å². The summed E-state index contributed by atoms with van der Waals surface area (Å²) in [5, 5.41) is 0. The van der Waals surface area contributed by atoms with Crippen molar-refractivity contribution in [3.8, 4) is 5.75 Å². The molecule has 0 atom stereocenters. The monoisotopic (exact) mass is 512 g/mol. The van der Waals surface area contributed by atoms with Gasteiger partial charge in [0.05, 0.1) is 6.61 Å². The molecule has 4 aromatic carbocycles. The second kappa shape index (κ2) is 11.5. The second-order valence-electron chi connectivity index (χ2n) is 7.61. The largest absolute Gasteiger partial charge is 0.482 e. The van der Waals surface area contributed by atoms with Gasteiger partial charge in [0.1, 0.15) is 5.75 Å². The van der Waals surface area contributed by atoms with E-state index in [-0.39, 0.29) is 12.6 Å². The first-order chi connectivity index (χ1) is 16.7. The number of hydrogen-bond acceptors (Lipinski definition) is 3. The lowest BCUT2D eigenvalue weighted by atomic mass is 9.86. The molecule has 0 aliphatic rings. The first-order valence-corrected chi connectivity index (χ1v) is 11.9. The third kappa shape index (κ3) is 5.83. The van der Waals surface area contributed by atoms with Crippen LogP contribution in [0, 0.1) is 0 Å². The highest BCUT2D eigenvalue weighted by Crippen LogP contribution is 2.37. The van der Waals surface area contributed by atoms with Gasteiger partial charge in [-0.25, -0.2) is 4.79 Å². The molecule has 34 heavy (non-hydrogen) atoms. The highest BCUT2D eigenvalue weighted by atomic mass is 79.9. The van der Waals surface area contributed by atoms with Gasteiger partial charge < -0.3 is 9.47 Å². The highest BCUT2D eigenvalue weighted by molar-refractivity contribution is 9.10. The van der Waals surface area contributed by atoms with Crippen LogP contribution in [0.2, 0.25) is 0 Å². The van der Waals surface area contributed by atoms with Crippen molar-refractivity contribution < 1.29 is 14.3 Å². The van der Waals surface area contributed by atoms with Crippen molar-refractivity contribution in [1.29, 1.82) is 0 Å². The summed E-state index contributed by atoms with van der Waals surface area (Å²) >= 11 is 3.56. The van der Waals surface area contributed by atoms with Crippen molar-refractivity contribution in [3.05, 3.63) is 136 Å². The fourth-order valence-corrected chi connectivity index (χ4v) is 4.06. The van der Waals surface area contributed by atoms with Crippen LogP contribution in [0.1, 0.15) is 29.2 Å². The maximum absolute atomic E-state index is 11.6. The van der Waals surface area contributed by atoms with E-state index in [1.807, 2.05) is 36.4 Å². The van der Waals surface area contributed by atoms with Gasteiger partial charge in [0.25, 0.3) is 0 Å². The van der Waals surface area contributed by atoms with Crippen molar-refractivity contribution in [1.82, 2.24) is 0 Å². The summed E-state index contributed by atoms with van der Waals surface area (Å²) in [6.07, 6.45) is 0. The first-order valence-electron chi connectivity index (χ1n) is 11.2. The van der Waals surface area contributed by atoms with Crippen molar-refractivity contribution in [2.75, 3.05) is 13.2 Å². The molecule has 0 saturated carbocycles. The van der Waals surface area contributed by atoms with Crippen molar-refractivity contribution >= 4 is 33.0 Å². The summed E-state index contributed by atoms with van der Waals surface area (Å²) in [4.78, 5) is 11.6. The fourth-order valence-electron chi connectivity index (χ4n) is 3.80. The molecule has 0 aliphatic carbocycles. The number of esters is 1. The van der Waals surface area contributed by atoms with Gasteiger partial charge in [-0.1, -0.05) is 101 Å². The number of benzene rings is 4. The van der Waals surface area contributed by atoms with Crippen LogP contribution < -0.4 is 4.74 Å². The van der Waals surface area contributed by atoms with Crippen LogP contribution in [0.5, 0.6) is 5.75 Å². The number of ether oxygens (including phenoxy) is 2. The van der Waals surface area contributed by atoms with Crippen LogP contribution in [-0.2, 0) is 9.53 Å². The maximum atomic E-state index is 11.6. The average molecular weight is 513 g/mol. The third-order valence-electron chi connectivity index (χ3n) is 5.31. The van der Waals surface area contributed by atoms with Crippen molar-refractivity contribution in [2.45, 2.75) is 6.92 Å². The molecule has 0 N–H and O–H groups in total. The van der Waals surface area contributed by atoms with E-state index in [4.69, 9.17) is 9.47 Å². The molecular weight excluding hydrogens is 488 g/mol. The minimum Gasteiger partial charge on any atom is -0.482 e. The molecule has 4 aromatic rings. The topological polar surface area (TPSA) is 35.5 Å². The number of carbonyl (C=O) groups is 1. The van der Waals surface area contributed by atoms with Crippen LogP contribution in [-0.4, -0.2) is 19.2 Å². The second-order valence-corrected chi connectivity index (χ2v) is 8.52. The number of rotatable bonds is 8. The summed E-state index contributed by atoms with van der Waals surface area (Å²) in [7, 11) is 0. The van der Waals surface area contributed by atoms with Crippen LogP contribution in [0.3, 0.4) is 0 Å². The zero-order valence-electron chi connectivity index (χ0n) is 18.9.